The van der Waals surface area contributed by atoms with Gasteiger partial charge in [0.25, 0.3) is 5.91 Å². The molecule has 0 radical (unpaired) electrons. The zero-order chi connectivity index (χ0) is 10.7. The largest absolute Gasteiger partial charge is 0.284 e. The molecule has 82 valence electrons. The number of carbonyl (C=O) groups excluding carboxylic acids is 1. The summed E-state index contributed by atoms with van der Waals surface area (Å²) in [6, 6.07) is 0. The minimum absolute atomic E-state index is 0.0793. The Balaban J connectivity index is 1.94. The van der Waals surface area contributed by atoms with Crippen LogP contribution in [0.15, 0.2) is 0 Å². The third kappa shape index (κ3) is 2.51. The number of nitrogens with one attached hydrogen (secondary N) is 1. The Bertz CT molecular complexity index is 346. The molecule has 0 spiro atoms. The molecule has 2 heterocycles. The quantitative estimate of drug-likeness (QED) is 0.816. The highest BCUT2D eigenvalue weighted by Gasteiger charge is 2.17. The molecule has 1 fully saturated rings. The molecular weight excluding hydrogens is 212 g/mol. The maximum atomic E-state index is 11.8. The van der Waals surface area contributed by atoms with Crippen LogP contribution in [0.5, 0.6) is 0 Å². The van der Waals surface area contributed by atoms with E-state index in [1.165, 1.54) is 6.42 Å². The fraction of sp³-hybridized carbons (Fsp3) is 0.667. The van der Waals surface area contributed by atoms with Crippen LogP contribution >= 0.6 is 11.5 Å². The Morgan fingerprint density at radius 2 is 2.13 bits per heavy atom. The number of aromatic nitrogens is 2. The van der Waals surface area contributed by atoms with Gasteiger partial charge in [0.15, 0.2) is 0 Å². The van der Waals surface area contributed by atoms with Gasteiger partial charge in [-0.1, -0.05) is 10.9 Å². The van der Waals surface area contributed by atoms with Crippen LogP contribution in [0.1, 0.15) is 34.6 Å². The molecule has 0 aliphatic carbocycles. The van der Waals surface area contributed by atoms with Gasteiger partial charge in [-0.05, 0) is 31.3 Å². The van der Waals surface area contributed by atoms with Gasteiger partial charge < -0.3 is 0 Å². The number of rotatable bonds is 2. The van der Waals surface area contributed by atoms with Gasteiger partial charge in [0.2, 0.25) is 0 Å². The van der Waals surface area contributed by atoms with Gasteiger partial charge in [-0.2, -0.15) is 0 Å². The molecule has 1 aliphatic rings. The summed E-state index contributed by atoms with van der Waals surface area (Å²) in [6.07, 6.45) is 3.56. The van der Waals surface area contributed by atoms with Gasteiger partial charge in [-0.3, -0.25) is 10.2 Å². The fourth-order valence-electron chi connectivity index (χ4n) is 1.64. The molecule has 0 aromatic carbocycles. The first-order valence-electron chi connectivity index (χ1n) is 5.12. The predicted molar refractivity (Wildman–Crippen MR) is 57.5 cm³/mol. The summed E-state index contributed by atoms with van der Waals surface area (Å²) in [7, 11) is 0. The van der Waals surface area contributed by atoms with Gasteiger partial charge in [-0.15, -0.1) is 5.10 Å². The van der Waals surface area contributed by atoms with Crippen LogP contribution in [-0.4, -0.2) is 33.6 Å². The third-order valence-electron chi connectivity index (χ3n) is 2.47. The number of hydrogen-bond donors (Lipinski definition) is 1. The molecule has 1 aromatic heterocycles. The Labute approximate surface area is 92.6 Å². The molecule has 1 N–H and O–H groups in total. The van der Waals surface area contributed by atoms with Crippen molar-refractivity contribution in [1.82, 2.24) is 20.0 Å². The number of aryl methyl sites for hydroxylation is 1. The SMILES string of the molecule is Cc1nnsc1C(=O)NN1CCCCC1. The number of piperidine rings is 1. The van der Waals surface area contributed by atoms with E-state index in [0.29, 0.717) is 10.6 Å². The number of amides is 1. The lowest BCUT2D eigenvalue weighted by Gasteiger charge is -2.26. The molecule has 0 bridgehead atoms. The van der Waals surface area contributed by atoms with Crippen molar-refractivity contribution in [2.24, 2.45) is 0 Å². The first kappa shape index (κ1) is 10.5. The van der Waals surface area contributed by atoms with Crippen LogP contribution in [0.2, 0.25) is 0 Å². The lowest BCUT2D eigenvalue weighted by molar-refractivity contribution is 0.0753. The van der Waals surface area contributed by atoms with Gasteiger partial charge in [-0.25, -0.2) is 5.01 Å². The van der Waals surface area contributed by atoms with Crippen molar-refractivity contribution < 1.29 is 4.79 Å². The summed E-state index contributed by atoms with van der Waals surface area (Å²) in [5.74, 6) is -0.0793. The molecule has 1 aromatic rings. The molecule has 1 aliphatic heterocycles. The topological polar surface area (TPSA) is 58.1 Å². The average Bonchev–Trinajstić information content (AvgIpc) is 2.66. The summed E-state index contributed by atoms with van der Waals surface area (Å²) in [6.45, 7) is 3.68. The number of hydrogen-bond acceptors (Lipinski definition) is 5. The van der Waals surface area contributed by atoms with Crippen molar-refractivity contribution in [3.8, 4) is 0 Å². The number of carbonyl (C=O) groups is 1. The predicted octanol–water partition coefficient (Wildman–Crippen LogP) is 0.977. The van der Waals surface area contributed by atoms with E-state index in [1.807, 2.05) is 5.01 Å². The highest BCUT2D eigenvalue weighted by Crippen LogP contribution is 2.10. The second kappa shape index (κ2) is 4.67. The van der Waals surface area contributed by atoms with E-state index >= 15 is 0 Å². The second-order valence-corrected chi connectivity index (χ2v) is 4.43. The van der Waals surface area contributed by atoms with Crippen molar-refractivity contribution in [3.63, 3.8) is 0 Å². The maximum Gasteiger partial charge on any atom is 0.279 e. The summed E-state index contributed by atoms with van der Waals surface area (Å²) in [5.41, 5.74) is 3.59. The summed E-state index contributed by atoms with van der Waals surface area (Å²) in [5, 5.41) is 5.80. The van der Waals surface area contributed by atoms with E-state index in [1.54, 1.807) is 6.92 Å². The molecule has 5 nitrogen and oxygen atoms in total. The average molecular weight is 226 g/mol. The number of nitrogens with zero attached hydrogens (tertiary/aromatic N) is 3. The molecule has 1 saturated heterocycles. The number of hydrazine groups is 1. The van der Waals surface area contributed by atoms with Crippen LogP contribution in [0.3, 0.4) is 0 Å². The standard InChI is InChI=1S/C9H14N4OS/c1-7-8(15-12-10-7)9(14)11-13-5-3-2-4-6-13/h2-6H2,1H3,(H,11,14). The second-order valence-electron chi connectivity index (χ2n) is 3.68. The van der Waals surface area contributed by atoms with E-state index < -0.39 is 0 Å². The summed E-state index contributed by atoms with van der Waals surface area (Å²) < 4.78 is 3.75. The molecule has 2 rings (SSSR count). The van der Waals surface area contributed by atoms with Crippen LogP contribution in [0.25, 0.3) is 0 Å². The minimum Gasteiger partial charge on any atom is -0.284 e. The van der Waals surface area contributed by atoms with Crippen molar-refractivity contribution in [2.75, 3.05) is 13.1 Å². The summed E-state index contributed by atoms with van der Waals surface area (Å²) >= 11 is 1.15. The van der Waals surface area contributed by atoms with Crippen molar-refractivity contribution in [3.05, 3.63) is 10.6 Å². The first-order chi connectivity index (χ1) is 7.27. The molecule has 6 heteroatoms. The first-order valence-corrected chi connectivity index (χ1v) is 5.89. The van der Waals surface area contributed by atoms with Crippen molar-refractivity contribution in [1.29, 1.82) is 0 Å². The normalized spacial score (nSPS) is 17.7. The lowest BCUT2D eigenvalue weighted by atomic mass is 10.2. The fourth-order valence-corrected chi connectivity index (χ4v) is 2.19. The Morgan fingerprint density at radius 3 is 2.73 bits per heavy atom. The maximum absolute atomic E-state index is 11.8. The Morgan fingerprint density at radius 1 is 1.40 bits per heavy atom. The van der Waals surface area contributed by atoms with E-state index in [0.717, 1.165) is 37.5 Å². The molecule has 15 heavy (non-hydrogen) atoms. The van der Waals surface area contributed by atoms with Gasteiger partial charge >= 0.3 is 0 Å². The molecule has 0 unspecified atom stereocenters. The molecule has 0 atom stereocenters. The zero-order valence-electron chi connectivity index (χ0n) is 8.69. The van der Waals surface area contributed by atoms with Crippen LogP contribution in [0.4, 0.5) is 0 Å². The molecule has 1 amide bonds. The molecule has 0 saturated carbocycles. The van der Waals surface area contributed by atoms with Crippen LogP contribution in [-0.2, 0) is 0 Å². The molecular formula is C9H14N4OS. The Hall–Kier alpha value is -1.01. The minimum atomic E-state index is -0.0793. The highest BCUT2D eigenvalue weighted by molar-refractivity contribution is 7.07. The van der Waals surface area contributed by atoms with Crippen molar-refractivity contribution in [2.45, 2.75) is 26.2 Å². The third-order valence-corrected chi connectivity index (χ3v) is 3.30. The lowest BCUT2D eigenvalue weighted by Crippen LogP contribution is -2.44. The van der Waals surface area contributed by atoms with Crippen LogP contribution < -0.4 is 5.43 Å². The van der Waals surface area contributed by atoms with Gasteiger partial charge in [0.05, 0.1) is 5.69 Å². The van der Waals surface area contributed by atoms with Gasteiger partial charge in [0.1, 0.15) is 4.88 Å². The van der Waals surface area contributed by atoms with E-state index in [2.05, 4.69) is 15.0 Å². The summed E-state index contributed by atoms with van der Waals surface area (Å²) in [4.78, 5) is 12.4. The smallest absolute Gasteiger partial charge is 0.279 e. The van der Waals surface area contributed by atoms with Gasteiger partial charge in [0, 0.05) is 13.1 Å². The van der Waals surface area contributed by atoms with E-state index in [9.17, 15) is 4.79 Å². The monoisotopic (exact) mass is 226 g/mol. The Kier molecular flexibility index (Phi) is 3.27. The zero-order valence-corrected chi connectivity index (χ0v) is 9.51. The van der Waals surface area contributed by atoms with Crippen LogP contribution in [0, 0.1) is 6.92 Å². The van der Waals surface area contributed by atoms with E-state index in [-0.39, 0.29) is 5.91 Å². The van der Waals surface area contributed by atoms with Crippen molar-refractivity contribution >= 4 is 17.4 Å². The highest BCUT2D eigenvalue weighted by atomic mass is 32.1. The van der Waals surface area contributed by atoms with E-state index in [4.69, 9.17) is 0 Å².